The molecule has 1 aromatic carbocycles. The van der Waals surface area contributed by atoms with Gasteiger partial charge in [0.1, 0.15) is 28.5 Å². The van der Waals surface area contributed by atoms with Crippen LogP contribution >= 0.6 is 15.9 Å². The van der Waals surface area contributed by atoms with Crippen LogP contribution in [0.15, 0.2) is 64.3 Å². The van der Waals surface area contributed by atoms with E-state index in [1.54, 1.807) is 24.3 Å². The standard InChI is InChI=1S/C19H12BrF3N4O/c20-13-8-10(3-4-14(13)28)18(11-5-7-25-15(9-11)19(21,22)23)12-2-1-6-26-16(12)17(24)27-18/h1-9,28H,(H2,24,27). The van der Waals surface area contributed by atoms with Crippen LogP contribution in [0.2, 0.25) is 0 Å². The minimum atomic E-state index is -4.61. The molecule has 0 saturated heterocycles. The van der Waals surface area contributed by atoms with Gasteiger partial charge in [-0.25, -0.2) is 4.99 Å². The van der Waals surface area contributed by atoms with Crippen molar-refractivity contribution >= 4 is 21.8 Å². The molecule has 3 heterocycles. The third kappa shape index (κ3) is 2.73. The second-order valence-corrected chi connectivity index (χ2v) is 7.06. The molecule has 3 N–H and O–H groups in total. The van der Waals surface area contributed by atoms with Gasteiger partial charge in [0.05, 0.1) is 4.47 Å². The molecule has 0 amide bonds. The fourth-order valence-electron chi connectivity index (χ4n) is 3.34. The number of benzene rings is 1. The Morgan fingerprint density at radius 3 is 2.46 bits per heavy atom. The van der Waals surface area contributed by atoms with E-state index in [0.717, 1.165) is 12.3 Å². The highest BCUT2D eigenvalue weighted by atomic mass is 79.9. The Bertz CT molecular complexity index is 1120. The van der Waals surface area contributed by atoms with Gasteiger partial charge >= 0.3 is 6.18 Å². The van der Waals surface area contributed by atoms with E-state index in [4.69, 9.17) is 5.73 Å². The number of hydrogen-bond donors (Lipinski definition) is 2. The summed E-state index contributed by atoms with van der Waals surface area (Å²) in [6.07, 6.45) is -1.98. The van der Waals surface area contributed by atoms with Gasteiger partial charge in [-0.15, -0.1) is 0 Å². The Morgan fingerprint density at radius 2 is 1.75 bits per heavy atom. The number of aromatic hydroxyl groups is 1. The molecule has 0 aliphatic carbocycles. The summed E-state index contributed by atoms with van der Waals surface area (Å²) in [7, 11) is 0. The number of aromatic nitrogens is 2. The van der Waals surface area contributed by atoms with Gasteiger partial charge in [0.2, 0.25) is 0 Å². The Hall–Kier alpha value is -2.94. The monoisotopic (exact) mass is 448 g/mol. The van der Waals surface area contributed by atoms with E-state index < -0.39 is 17.4 Å². The minimum absolute atomic E-state index is 0.00836. The first-order chi connectivity index (χ1) is 13.2. The zero-order valence-corrected chi connectivity index (χ0v) is 15.7. The SMILES string of the molecule is NC1=NC(c2ccnc(C(F)(F)F)c2)(c2ccc(O)c(Br)c2)c2cccnc21. The van der Waals surface area contributed by atoms with E-state index in [-0.39, 0.29) is 17.1 Å². The maximum absolute atomic E-state index is 13.3. The number of phenols is 1. The highest BCUT2D eigenvalue weighted by Crippen LogP contribution is 2.47. The number of nitrogens with zero attached hydrogens (tertiary/aromatic N) is 3. The average Bonchev–Trinajstić information content (AvgIpc) is 2.97. The molecular formula is C19H12BrF3N4O. The van der Waals surface area contributed by atoms with Crippen LogP contribution in [0.3, 0.4) is 0 Å². The first kappa shape index (κ1) is 18.4. The molecule has 142 valence electrons. The Kier molecular flexibility index (Phi) is 4.15. The summed E-state index contributed by atoms with van der Waals surface area (Å²) in [5.74, 6) is 0.108. The number of aliphatic imine (C=N–C) groups is 1. The lowest BCUT2D eigenvalue weighted by atomic mass is 9.78. The predicted molar refractivity (Wildman–Crippen MR) is 99.9 cm³/mol. The molecule has 2 aromatic heterocycles. The van der Waals surface area contributed by atoms with Crippen molar-refractivity contribution in [1.29, 1.82) is 0 Å². The number of pyridine rings is 2. The molecule has 4 rings (SSSR count). The second-order valence-electron chi connectivity index (χ2n) is 6.20. The molecule has 1 atom stereocenters. The lowest BCUT2D eigenvalue weighted by Gasteiger charge is -2.29. The fraction of sp³-hybridized carbons (Fsp3) is 0.105. The summed E-state index contributed by atoms with van der Waals surface area (Å²) in [4.78, 5) is 12.2. The van der Waals surface area contributed by atoms with Crippen LogP contribution in [0, 0.1) is 0 Å². The summed E-state index contributed by atoms with van der Waals surface area (Å²) in [5, 5.41) is 9.86. The molecule has 1 unspecified atom stereocenters. The van der Waals surface area contributed by atoms with Crippen LogP contribution in [0.25, 0.3) is 0 Å². The lowest BCUT2D eigenvalue weighted by molar-refractivity contribution is -0.141. The number of nitrogens with two attached hydrogens (primary N) is 1. The van der Waals surface area contributed by atoms with Crippen molar-refractivity contribution < 1.29 is 18.3 Å². The number of amidine groups is 1. The molecule has 1 aliphatic rings. The van der Waals surface area contributed by atoms with Gasteiger partial charge in [-0.3, -0.25) is 9.97 Å². The van der Waals surface area contributed by atoms with Crippen LogP contribution in [0.4, 0.5) is 13.2 Å². The van der Waals surface area contributed by atoms with Gasteiger partial charge in [-0.2, -0.15) is 13.2 Å². The average molecular weight is 449 g/mol. The molecule has 0 bridgehead atoms. The van der Waals surface area contributed by atoms with Crippen molar-refractivity contribution in [3.05, 3.63) is 87.4 Å². The molecule has 1 aliphatic heterocycles. The topological polar surface area (TPSA) is 84.4 Å². The largest absolute Gasteiger partial charge is 0.507 e. The van der Waals surface area contributed by atoms with Crippen molar-refractivity contribution in [2.24, 2.45) is 10.7 Å². The van der Waals surface area contributed by atoms with E-state index in [2.05, 4.69) is 30.9 Å². The zero-order chi connectivity index (χ0) is 20.1. The minimum Gasteiger partial charge on any atom is -0.507 e. The Labute approximate surface area is 165 Å². The van der Waals surface area contributed by atoms with Crippen LogP contribution < -0.4 is 5.73 Å². The number of phenolic OH excluding ortho intramolecular Hbond substituents is 1. The van der Waals surface area contributed by atoms with Crippen LogP contribution in [0.1, 0.15) is 28.1 Å². The maximum Gasteiger partial charge on any atom is 0.433 e. The van der Waals surface area contributed by atoms with Crippen molar-refractivity contribution in [1.82, 2.24) is 9.97 Å². The molecule has 0 saturated carbocycles. The van der Waals surface area contributed by atoms with E-state index in [0.29, 0.717) is 21.3 Å². The molecule has 9 heteroatoms. The normalized spacial score (nSPS) is 18.6. The summed E-state index contributed by atoms with van der Waals surface area (Å²) < 4.78 is 40.3. The van der Waals surface area contributed by atoms with Gasteiger partial charge in [0.15, 0.2) is 0 Å². The van der Waals surface area contributed by atoms with Crippen LogP contribution in [-0.2, 0) is 11.7 Å². The van der Waals surface area contributed by atoms with E-state index in [1.807, 2.05) is 0 Å². The third-order valence-corrected chi connectivity index (χ3v) is 5.20. The Balaban J connectivity index is 2.07. The summed E-state index contributed by atoms with van der Waals surface area (Å²) >= 11 is 3.25. The smallest absolute Gasteiger partial charge is 0.433 e. The third-order valence-electron chi connectivity index (χ3n) is 4.56. The van der Waals surface area contributed by atoms with E-state index in [9.17, 15) is 18.3 Å². The highest BCUT2D eigenvalue weighted by Gasteiger charge is 2.45. The van der Waals surface area contributed by atoms with Crippen molar-refractivity contribution in [3.63, 3.8) is 0 Å². The molecule has 0 radical (unpaired) electrons. The number of alkyl halides is 3. The summed E-state index contributed by atoms with van der Waals surface area (Å²) in [6.45, 7) is 0. The van der Waals surface area contributed by atoms with E-state index in [1.165, 1.54) is 18.3 Å². The van der Waals surface area contributed by atoms with E-state index >= 15 is 0 Å². The van der Waals surface area contributed by atoms with Crippen molar-refractivity contribution in [2.75, 3.05) is 0 Å². The number of halogens is 4. The van der Waals surface area contributed by atoms with Gasteiger partial charge in [-0.05, 0) is 57.4 Å². The first-order valence-corrected chi connectivity index (χ1v) is 8.86. The van der Waals surface area contributed by atoms with Gasteiger partial charge in [0, 0.05) is 18.0 Å². The first-order valence-electron chi connectivity index (χ1n) is 8.07. The van der Waals surface area contributed by atoms with Crippen molar-refractivity contribution in [3.8, 4) is 5.75 Å². The maximum atomic E-state index is 13.3. The highest BCUT2D eigenvalue weighted by molar-refractivity contribution is 9.10. The molecule has 3 aromatic rings. The molecule has 5 nitrogen and oxygen atoms in total. The van der Waals surface area contributed by atoms with Gasteiger partial charge in [0.25, 0.3) is 0 Å². The quantitative estimate of drug-likeness (QED) is 0.620. The van der Waals surface area contributed by atoms with Gasteiger partial charge in [-0.1, -0.05) is 12.1 Å². The summed E-state index contributed by atoms with van der Waals surface area (Å²) in [5.41, 5.74) is 5.39. The van der Waals surface area contributed by atoms with Crippen LogP contribution in [0.5, 0.6) is 5.75 Å². The molecule has 0 fully saturated rings. The zero-order valence-electron chi connectivity index (χ0n) is 14.1. The number of hydrogen-bond acceptors (Lipinski definition) is 5. The van der Waals surface area contributed by atoms with Gasteiger partial charge < -0.3 is 10.8 Å². The lowest BCUT2D eigenvalue weighted by Crippen LogP contribution is -2.26. The molecule has 0 spiro atoms. The predicted octanol–water partition coefficient (Wildman–Crippen LogP) is 3.97. The van der Waals surface area contributed by atoms with Crippen LogP contribution in [-0.4, -0.2) is 20.9 Å². The molecule has 28 heavy (non-hydrogen) atoms. The Morgan fingerprint density at radius 1 is 1.00 bits per heavy atom. The fourth-order valence-corrected chi connectivity index (χ4v) is 3.72. The number of rotatable bonds is 2. The summed E-state index contributed by atoms with van der Waals surface area (Å²) in [6, 6.07) is 10.4. The number of fused-ring (bicyclic) bond motifs is 1. The molecular weight excluding hydrogens is 437 g/mol. The second kappa shape index (κ2) is 6.30. The van der Waals surface area contributed by atoms with Crippen molar-refractivity contribution in [2.45, 2.75) is 11.7 Å².